The topological polar surface area (TPSA) is 20.8 Å². The third-order valence-electron chi connectivity index (χ3n) is 3.61. The van der Waals surface area contributed by atoms with Crippen LogP contribution in [0.1, 0.15) is 37.5 Å². The highest BCUT2D eigenvalue weighted by molar-refractivity contribution is 8.93. The smallest absolute Gasteiger partial charge is 0.249 e. The fourth-order valence-corrected chi connectivity index (χ4v) is 2.80. The van der Waals surface area contributed by atoms with E-state index in [9.17, 15) is 0 Å². The highest BCUT2D eigenvalue weighted by atomic mass is 79.9. The van der Waals surface area contributed by atoms with Gasteiger partial charge >= 0.3 is 0 Å². The predicted molar refractivity (Wildman–Crippen MR) is 98.3 cm³/mol. The van der Waals surface area contributed by atoms with E-state index in [2.05, 4.69) is 86.8 Å². The van der Waals surface area contributed by atoms with E-state index in [1.807, 2.05) is 0 Å². The van der Waals surface area contributed by atoms with Gasteiger partial charge in [0.05, 0.1) is 0 Å². The fourth-order valence-electron chi connectivity index (χ4n) is 2.80. The molecule has 2 rings (SSSR count). The lowest BCUT2D eigenvalue weighted by Crippen LogP contribution is -3.00. The minimum atomic E-state index is 0. The number of aryl methyl sites for hydroxylation is 3. The number of hydrogen-bond acceptors (Lipinski definition) is 1. The van der Waals surface area contributed by atoms with Crippen molar-refractivity contribution in [1.29, 1.82) is 0 Å². The summed E-state index contributed by atoms with van der Waals surface area (Å²) in [5, 5.41) is 3.52. The molecule has 0 aliphatic rings. The standard InChI is InChI=1S/C18H28N3.2BrH/c1-14-11-15(2)17(16(3)12-14)21-10-9-20(13-21)8-7-19-18(4,5)6;;/h9-13,19H,7-8H2,1-6H3;2*1H/q+1;;/p-1. The average molecular weight is 447 g/mol. The molecule has 0 radical (unpaired) electrons. The van der Waals surface area contributed by atoms with E-state index in [-0.39, 0.29) is 39.5 Å². The van der Waals surface area contributed by atoms with Crippen molar-refractivity contribution in [2.75, 3.05) is 6.54 Å². The van der Waals surface area contributed by atoms with Crippen molar-refractivity contribution in [3.63, 3.8) is 0 Å². The molecule has 5 heteroatoms. The number of hydrogen-bond donors (Lipinski definition) is 1. The Bertz CT molecular complexity index is 604. The summed E-state index contributed by atoms with van der Waals surface area (Å²) in [6.07, 6.45) is 6.46. The fraction of sp³-hybridized carbons (Fsp3) is 0.500. The summed E-state index contributed by atoms with van der Waals surface area (Å²) in [6.45, 7) is 15.1. The Morgan fingerprint density at radius 2 is 1.65 bits per heavy atom. The second-order valence-corrected chi connectivity index (χ2v) is 6.98. The van der Waals surface area contributed by atoms with Gasteiger partial charge in [-0.25, -0.2) is 9.13 Å². The molecule has 1 aromatic carbocycles. The van der Waals surface area contributed by atoms with Crippen molar-refractivity contribution < 1.29 is 21.5 Å². The second kappa shape index (κ2) is 9.00. The van der Waals surface area contributed by atoms with Crippen molar-refractivity contribution in [2.45, 2.75) is 53.6 Å². The molecular formula is C18H29Br2N3. The van der Waals surface area contributed by atoms with E-state index in [1.165, 1.54) is 22.4 Å². The number of nitrogens with zero attached hydrogens (tertiary/aromatic N) is 2. The van der Waals surface area contributed by atoms with Gasteiger partial charge in [-0.2, -0.15) is 0 Å². The van der Waals surface area contributed by atoms with Crippen LogP contribution in [0.3, 0.4) is 0 Å². The van der Waals surface area contributed by atoms with Crippen molar-refractivity contribution in [3.8, 4) is 5.69 Å². The first-order chi connectivity index (χ1) is 9.76. The van der Waals surface area contributed by atoms with Crippen LogP contribution in [0.2, 0.25) is 0 Å². The van der Waals surface area contributed by atoms with Crippen LogP contribution in [0.15, 0.2) is 30.9 Å². The molecule has 0 fully saturated rings. The first-order valence-corrected chi connectivity index (χ1v) is 7.66. The largest absolute Gasteiger partial charge is 1.00 e. The maximum atomic E-state index is 3.52. The molecule has 1 aromatic heterocycles. The average Bonchev–Trinajstić information content (AvgIpc) is 2.74. The number of nitrogens with one attached hydrogen (secondary N) is 1. The number of rotatable bonds is 4. The Balaban J connectivity index is 0.00000242. The Morgan fingerprint density at radius 1 is 1.09 bits per heavy atom. The lowest BCUT2D eigenvalue weighted by atomic mass is 10.1. The summed E-state index contributed by atoms with van der Waals surface area (Å²) in [7, 11) is 0. The summed E-state index contributed by atoms with van der Waals surface area (Å²) in [6, 6.07) is 4.49. The van der Waals surface area contributed by atoms with Crippen LogP contribution < -0.4 is 26.9 Å². The van der Waals surface area contributed by atoms with Crippen molar-refractivity contribution in [2.24, 2.45) is 0 Å². The van der Waals surface area contributed by atoms with E-state index in [4.69, 9.17) is 0 Å². The number of imidazole rings is 1. The third kappa shape index (κ3) is 6.40. The van der Waals surface area contributed by atoms with Crippen molar-refractivity contribution >= 4 is 17.0 Å². The number of halogens is 2. The van der Waals surface area contributed by atoms with Crippen LogP contribution in [-0.2, 0) is 6.54 Å². The molecular weight excluding hydrogens is 418 g/mol. The minimum absolute atomic E-state index is 0. The molecule has 0 spiro atoms. The molecule has 0 saturated heterocycles. The summed E-state index contributed by atoms with van der Waals surface area (Å²) < 4.78 is 4.46. The zero-order valence-corrected chi connectivity index (χ0v) is 18.3. The summed E-state index contributed by atoms with van der Waals surface area (Å²) in [5.74, 6) is 0. The molecule has 3 nitrogen and oxygen atoms in total. The molecule has 1 N–H and O–H groups in total. The normalized spacial score (nSPS) is 10.9. The van der Waals surface area contributed by atoms with Gasteiger partial charge in [-0.3, -0.25) is 0 Å². The monoisotopic (exact) mass is 445 g/mol. The maximum Gasteiger partial charge on any atom is 0.249 e. The van der Waals surface area contributed by atoms with Gasteiger partial charge in [0.25, 0.3) is 0 Å². The first kappa shape index (κ1) is 22.4. The van der Waals surface area contributed by atoms with Gasteiger partial charge in [0.15, 0.2) is 0 Å². The van der Waals surface area contributed by atoms with Crippen LogP contribution >= 0.6 is 17.0 Å². The predicted octanol–water partition coefficient (Wildman–Crippen LogP) is 0.660. The summed E-state index contributed by atoms with van der Waals surface area (Å²) in [4.78, 5) is 0. The highest BCUT2D eigenvalue weighted by Gasteiger charge is 2.13. The van der Waals surface area contributed by atoms with E-state index in [0.29, 0.717) is 0 Å². The van der Waals surface area contributed by atoms with E-state index in [1.54, 1.807) is 0 Å². The summed E-state index contributed by atoms with van der Waals surface area (Å²) in [5.41, 5.74) is 5.44. The molecule has 0 aliphatic heterocycles. The number of aromatic nitrogens is 2. The molecule has 0 bridgehead atoms. The maximum absolute atomic E-state index is 3.52. The Morgan fingerprint density at radius 3 is 2.17 bits per heavy atom. The van der Waals surface area contributed by atoms with Gasteiger partial charge in [0.2, 0.25) is 6.33 Å². The molecule has 130 valence electrons. The van der Waals surface area contributed by atoms with Crippen molar-refractivity contribution in [1.82, 2.24) is 9.88 Å². The van der Waals surface area contributed by atoms with Crippen LogP contribution in [0.25, 0.3) is 5.69 Å². The molecule has 0 atom stereocenters. The summed E-state index contributed by atoms with van der Waals surface area (Å²) >= 11 is 0. The van der Waals surface area contributed by atoms with Gasteiger partial charge in [0.1, 0.15) is 24.6 Å². The quantitative estimate of drug-likeness (QED) is 0.684. The van der Waals surface area contributed by atoms with Gasteiger partial charge in [-0.05, 0) is 52.7 Å². The molecule has 0 saturated carbocycles. The molecule has 0 amide bonds. The van der Waals surface area contributed by atoms with Gasteiger partial charge < -0.3 is 22.3 Å². The SMILES string of the molecule is Br.Cc1cc(C)c(-n2cc[n+](CCNC(C)(C)C)c2)c(C)c1.[Br-]. The molecule has 2 aromatic rings. The second-order valence-electron chi connectivity index (χ2n) is 6.98. The van der Waals surface area contributed by atoms with Crippen LogP contribution in [0, 0.1) is 20.8 Å². The number of benzene rings is 1. The Labute approximate surface area is 161 Å². The zero-order valence-electron chi connectivity index (χ0n) is 15.0. The third-order valence-corrected chi connectivity index (χ3v) is 3.61. The van der Waals surface area contributed by atoms with E-state index >= 15 is 0 Å². The first-order valence-electron chi connectivity index (χ1n) is 7.66. The Hall–Kier alpha value is -0.650. The van der Waals surface area contributed by atoms with Crippen LogP contribution in [0.5, 0.6) is 0 Å². The van der Waals surface area contributed by atoms with E-state index < -0.39 is 0 Å². The van der Waals surface area contributed by atoms with Crippen molar-refractivity contribution in [3.05, 3.63) is 47.5 Å². The van der Waals surface area contributed by atoms with Gasteiger partial charge in [-0.1, -0.05) is 17.7 Å². The minimum Gasteiger partial charge on any atom is -1.00 e. The molecule has 0 unspecified atom stereocenters. The van der Waals surface area contributed by atoms with Crippen LogP contribution in [-0.4, -0.2) is 16.7 Å². The molecule has 1 heterocycles. The highest BCUT2D eigenvalue weighted by Crippen LogP contribution is 2.20. The molecule has 0 aliphatic carbocycles. The lowest BCUT2D eigenvalue weighted by molar-refractivity contribution is -0.694. The van der Waals surface area contributed by atoms with E-state index in [0.717, 1.165) is 13.1 Å². The Kier molecular flexibility index (Phi) is 8.74. The lowest BCUT2D eigenvalue weighted by Gasteiger charge is -2.19. The van der Waals surface area contributed by atoms with Crippen LogP contribution in [0.4, 0.5) is 0 Å². The van der Waals surface area contributed by atoms with Gasteiger partial charge in [-0.15, -0.1) is 17.0 Å². The zero-order chi connectivity index (χ0) is 15.6. The van der Waals surface area contributed by atoms with Gasteiger partial charge in [0, 0.05) is 12.1 Å². The molecule has 23 heavy (non-hydrogen) atoms.